The first kappa shape index (κ1) is 12.8. The predicted molar refractivity (Wildman–Crippen MR) is 228 cm³/mol. The van der Waals surface area contributed by atoms with E-state index in [1.54, 1.807) is 0 Å². The molecule has 3 heterocycles. The number of fused-ring (bicyclic) bond motifs is 10. The molecule has 0 atom stereocenters. The maximum Gasteiger partial charge on any atom is 0.140 e. The highest BCUT2D eigenvalue weighted by Gasteiger charge is 2.18. The van der Waals surface area contributed by atoms with Crippen molar-refractivity contribution in [2.24, 2.45) is 0 Å². The van der Waals surface area contributed by atoms with Crippen LogP contribution in [0.4, 0.5) is 0 Å². The smallest absolute Gasteiger partial charge is 0.140 e. The highest BCUT2D eigenvalue weighted by Crippen LogP contribution is 2.36. The van der Waals surface area contributed by atoms with E-state index >= 15 is 0 Å². The molecule has 0 amide bonds. The normalized spacial score (nSPS) is 22.8. The minimum absolute atomic E-state index is 0.610. The number of aromatic nitrogens is 3. The van der Waals surface area contributed by atoms with E-state index in [4.69, 9.17) is 24.7 Å². The van der Waals surface area contributed by atoms with E-state index in [1.807, 2.05) is 0 Å². The summed E-state index contributed by atoms with van der Waals surface area (Å²) in [6.07, 6.45) is 0. The molecule has 0 radical (unpaired) electrons. The second-order valence-corrected chi connectivity index (χ2v) is 12.2. The minimum Gasteiger partial charge on any atom is -0.294 e. The first-order valence-corrected chi connectivity index (χ1v) is 16.5. The Bertz CT molecular complexity index is 5430. The van der Waals surface area contributed by atoms with Gasteiger partial charge in [-0.3, -0.25) is 9.13 Å². The topological polar surface area (TPSA) is 22.8 Å². The largest absolute Gasteiger partial charge is 0.294 e. The van der Waals surface area contributed by atoms with Gasteiger partial charge in [0.1, 0.15) is 11.6 Å². The molecule has 8 aromatic carbocycles. The summed E-state index contributed by atoms with van der Waals surface area (Å²) in [6, 6.07) is -33.9. The summed E-state index contributed by atoms with van der Waals surface area (Å²) in [5.74, 6) is -2.14. The first-order chi connectivity index (χ1) is 41.5. The summed E-state index contributed by atoms with van der Waals surface area (Å²) in [6.45, 7) is 0. The predicted octanol–water partition coefficient (Wildman–Crippen LogP) is 12.4. The quantitative estimate of drug-likeness (QED) is 0.177. The van der Waals surface area contributed by atoms with Crippen LogP contribution < -0.4 is 0 Å². The average Bonchev–Trinajstić information content (AvgIpc) is 1.65. The summed E-state index contributed by atoms with van der Waals surface area (Å²) < 4.78 is 306. The average molecular weight is 745 g/mol. The Labute approximate surface area is 367 Å². The van der Waals surface area contributed by atoms with E-state index in [0.29, 0.717) is 9.13 Å². The molecule has 1 aliphatic rings. The molecule has 56 heavy (non-hydrogen) atoms. The van der Waals surface area contributed by atoms with Gasteiger partial charge < -0.3 is 0 Å². The second-order valence-electron chi connectivity index (χ2n) is 12.2. The second kappa shape index (κ2) is 12.0. The molecule has 260 valence electrons. The van der Waals surface area contributed by atoms with Crippen molar-refractivity contribution in [3.05, 3.63) is 241 Å². The van der Waals surface area contributed by atoms with Crippen LogP contribution in [0.2, 0.25) is 0 Å². The summed E-state index contributed by atoms with van der Waals surface area (Å²) in [7, 11) is 0. The van der Waals surface area contributed by atoms with E-state index in [9.17, 15) is 20.6 Å². The number of benzene rings is 8. The van der Waals surface area contributed by atoms with E-state index < -0.39 is 308 Å². The monoisotopic (exact) mass is 744 g/mol. The molecule has 3 aromatic heterocycles. The van der Waals surface area contributed by atoms with E-state index in [1.165, 1.54) is 0 Å². The molecule has 0 fully saturated rings. The molecule has 0 unspecified atom stereocenters. The van der Waals surface area contributed by atoms with Gasteiger partial charge >= 0.3 is 0 Å². The molecule has 0 aliphatic heterocycles. The molecular formula is C53H33N3. The lowest BCUT2D eigenvalue weighted by molar-refractivity contribution is 1.01. The van der Waals surface area contributed by atoms with Gasteiger partial charge in [-0.25, -0.2) is 4.98 Å². The van der Waals surface area contributed by atoms with Crippen molar-refractivity contribution in [1.82, 2.24) is 14.1 Å². The van der Waals surface area contributed by atoms with Crippen LogP contribution in [-0.2, 0) is 0 Å². The van der Waals surface area contributed by atoms with Crippen molar-refractivity contribution in [1.29, 1.82) is 0 Å². The van der Waals surface area contributed by atoms with Gasteiger partial charge in [0, 0.05) is 21.5 Å². The maximum atomic E-state index is 10.5. The third-order valence-corrected chi connectivity index (χ3v) is 9.30. The molecular weight excluding hydrogens is 679 g/mol. The molecule has 3 heteroatoms. The molecule has 1 aliphatic carbocycles. The van der Waals surface area contributed by atoms with Crippen LogP contribution in [-0.4, -0.2) is 14.1 Å². The van der Waals surface area contributed by atoms with Gasteiger partial charge in [0.25, 0.3) is 0 Å². The van der Waals surface area contributed by atoms with Gasteiger partial charge in [-0.2, -0.15) is 0 Å². The zero-order chi connectivity index (χ0) is 65.5. The molecule has 0 N–H and O–H groups in total. The summed E-state index contributed by atoms with van der Waals surface area (Å²) in [4.78, 5) is 4.66. The van der Waals surface area contributed by atoms with Gasteiger partial charge in [0.05, 0.1) is 67.3 Å². The van der Waals surface area contributed by atoms with Crippen LogP contribution in [0.5, 0.6) is 0 Å². The fourth-order valence-corrected chi connectivity index (χ4v) is 6.98. The van der Waals surface area contributed by atoms with Crippen LogP contribution >= 0.6 is 0 Å². The Morgan fingerprint density at radius 2 is 0.589 bits per heavy atom. The standard InChI is InChI=1S/C53H33N3/c1-2-16-37-36(15-1)38-17-3-4-19-40(38)42-30-29-34(31-47(42)41-20-6-5-18-39(37)41)35-32-52(55-48-25-11-7-21-43(48)44-22-8-12-26-49(44)55)54-53(33-35)56-50-27-13-9-23-45(50)46-24-10-14-28-51(46)56/h1-33H/b38-36-,39-37-,42-40-,47-41-/i1D,2D,3D,4D,5D,6D,7D,8D,9D,10D,11D,12D,13D,14D,15D,16D,17D,18D,19D,20D,21D,22D,23D,24D,25D,26D,27D,28D,29D,30D,31D,32D,33D. The lowest BCUT2D eigenvalue weighted by atomic mass is 9.98. The molecule has 0 spiro atoms. The van der Waals surface area contributed by atoms with Crippen LogP contribution in [0.25, 0.3) is 66.4 Å². The number of pyridine rings is 1. The Balaban J connectivity index is 1.50. The SMILES string of the molecule is [2H]c1c(-n2c3c([2H])c([2H])c([2H])c([2H])c3c3c([2H])c([2H])c([2H])c([2H])c32)nc(-n2c3c([2H])c([2H])c([2H])c([2H])c3c3c([2H])c([2H])c([2H])c([2H])c32)c([2H])c1-c1c([2H])c([2H])c2/c(c1[2H])=c1/c([2H])c([2H])c([2H])c([2H])/c1=c1\c([2H])c([2H])c([2H])c([2H])\c1=c1/c([2H])c([2H])c([2H])c([2H])/c1=2. The van der Waals surface area contributed by atoms with Crippen molar-refractivity contribution in [2.45, 2.75) is 0 Å². The lowest BCUT2D eigenvalue weighted by Crippen LogP contribution is -2.04. The van der Waals surface area contributed by atoms with Crippen LogP contribution in [0, 0.1) is 41.7 Å². The van der Waals surface area contributed by atoms with Crippen molar-refractivity contribution >= 4 is 43.6 Å². The van der Waals surface area contributed by atoms with Crippen LogP contribution in [0.3, 0.4) is 0 Å². The number of para-hydroxylation sites is 4. The number of hydrogen-bond donors (Lipinski definition) is 0. The Kier molecular flexibility index (Phi) is 2.74. The third-order valence-electron chi connectivity index (χ3n) is 9.30. The third kappa shape index (κ3) is 4.49. The van der Waals surface area contributed by atoms with Crippen LogP contribution in [0.15, 0.2) is 199 Å². The van der Waals surface area contributed by atoms with E-state index in [2.05, 4.69) is 4.98 Å². The fraction of sp³-hybridized carbons (Fsp3) is 0. The fourth-order valence-electron chi connectivity index (χ4n) is 6.98. The van der Waals surface area contributed by atoms with Crippen molar-refractivity contribution in [3.8, 4) is 22.8 Å². The Morgan fingerprint density at radius 1 is 0.286 bits per heavy atom. The molecule has 0 bridgehead atoms. The van der Waals surface area contributed by atoms with Gasteiger partial charge in [0.2, 0.25) is 0 Å². The van der Waals surface area contributed by atoms with Gasteiger partial charge in [0.15, 0.2) is 0 Å². The number of hydrogen-bond acceptors (Lipinski definition) is 1. The van der Waals surface area contributed by atoms with Crippen LogP contribution in [0.1, 0.15) is 45.2 Å². The highest BCUT2D eigenvalue weighted by molar-refractivity contribution is 6.10. The molecule has 0 saturated heterocycles. The van der Waals surface area contributed by atoms with E-state index in [-0.39, 0.29) is 0 Å². The lowest BCUT2D eigenvalue weighted by Gasteiger charge is -2.15. The molecule has 0 saturated carbocycles. The molecule has 3 nitrogen and oxygen atoms in total. The Hall–Kier alpha value is -7.49. The van der Waals surface area contributed by atoms with Gasteiger partial charge in [-0.15, -0.1) is 0 Å². The minimum atomic E-state index is -1.27. The Morgan fingerprint density at radius 3 is 0.964 bits per heavy atom. The maximum absolute atomic E-state index is 10.5. The zero-order valence-electron chi connectivity index (χ0n) is 60.8. The van der Waals surface area contributed by atoms with Gasteiger partial charge in [-0.05, 0) is 95.2 Å². The highest BCUT2D eigenvalue weighted by atomic mass is 15.1. The van der Waals surface area contributed by atoms with Gasteiger partial charge in [-0.1, -0.05) is 157 Å². The molecule has 12 rings (SSSR count). The van der Waals surface area contributed by atoms with Crippen molar-refractivity contribution in [3.63, 3.8) is 0 Å². The number of nitrogens with zero attached hydrogens (tertiary/aromatic N) is 3. The van der Waals surface area contributed by atoms with Crippen molar-refractivity contribution in [2.75, 3.05) is 0 Å². The first-order valence-electron chi connectivity index (χ1n) is 33.0. The zero-order valence-corrected chi connectivity index (χ0v) is 27.8. The number of rotatable bonds is 3. The summed E-state index contributed by atoms with van der Waals surface area (Å²) >= 11 is 0. The summed E-state index contributed by atoms with van der Waals surface area (Å²) in [5, 5.41) is -9.22. The van der Waals surface area contributed by atoms with Crippen molar-refractivity contribution < 1.29 is 45.2 Å². The molecule has 11 aromatic rings. The van der Waals surface area contributed by atoms with E-state index in [0.717, 1.165) is 0 Å². The summed E-state index contributed by atoms with van der Waals surface area (Å²) in [5.41, 5.74) is -5.19.